The van der Waals surface area contributed by atoms with Crippen molar-refractivity contribution in [3.8, 4) is 0 Å². The van der Waals surface area contributed by atoms with Crippen LogP contribution in [0.5, 0.6) is 0 Å². The molecule has 79 heavy (non-hydrogen) atoms. The van der Waals surface area contributed by atoms with Gasteiger partial charge in [-0.25, -0.2) is 0 Å². The Hall–Kier alpha value is -2.37. The fraction of sp³-hybridized carbons (Fsp3) is 0.877. The van der Waals surface area contributed by atoms with Crippen LogP contribution in [0.4, 0.5) is 0 Å². The Morgan fingerprint density at radius 1 is 0.241 bits per heavy atom. The molecule has 0 aliphatic rings. The molecule has 464 valence electrons. The third-order valence-electron chi connectivity index (χ3n) is 16.1. The van der Waals surface area contributed by atoms with Gasteiger partial charge >= 0.3 is 17.9 Å². The average Bonchev–Trinajstić information content (AvgIpc) is 3.45. The summed E-state index contributed by atoms with van der Waals surface area (Å²) in [5.74, 6) is -0.867. The highest BCUT2D eigenvalue weighted by Crippen LogP contribution is 2.18. The minimum absolute atomic E-state index is 0.0737. The normalized spacial score (nSPS) is 12.2. The number of ether oxygens (including phenoxy) is 3. The van der Waals surface area contributed by atoms with Gasteiger partial charge < -0.3 is 14.2 Å². The summed E-state index contributed by atoms with van der Waals surface area (Å²) in [7, 11) is 0. The standard InChI is InChI=1S/C73H136O6/c1-4-7-10-13-16-19-22-25-28-29-30-31-32-33-34-35-36-37-38-39-40-41-42-43-44-45-46-49-51-54-57-60-63-66-72(75)78-69-70(79-73(76)67-64-61-58-55-52-48-27-24-21-18-15-12-9-6-3)68-77-71(74)65-62-59-56-53-50-47-26-23-20-17-14-11-8-5-2/h23-24,26-27,29-30,70H,4-22,25,28,31-69H2,1-3H3/b26-23-,27-24-,30-29-. The predicted molar refractivity (Wildman–Crippen MR) is 344 cm³/mol. The van der Waals surface area contributed by atoms with Crippen molar-refractivity contribution in [3.63, 3.8) is 0 Å². The topological polar surface area (TPSA) is 78.9 Å². The molecule has 0 heterocycles. The van der Waals surface area contributed by atoms with Gasteiger partial charge in [0.05, 0.1) is 0 Å². The highest BCUT2D eigenvalue weighted by molar-refractivity contribution is 5.71. The van der Waals surface area contributed by atoms with E-state index in [1.807, 2.05) is 0 Å². The number of carbonyl (C=O) groups is 3. The lowest BCUT2D eigenvalue weighted by Gasteiger charge is -2.18. The smallest absolute Gasteiger partial charge is 0.306 e. The first kappa shape index (κ1) is 76.6. The highest BCUT2D eigenvalue weighted by atomic mass is 16.6. The predicted octanol–water partition coefficient (Wildman–Crippen LogP) is 24.3. The minimum Gasteiger partial charge on any atom is -0.462 e. The Balaban J connectivity index is 4.08. The molecule has 0 saturated heterocycles. The van der Waals surface area contributed by atoms with E-state index in [-0.39, 0.29) is 31.1 Å². The second kappa shape index (κ2) is 68.1. The molecule has 0 radical (unpaired) electrons. The van der Waals surface area contributed by atoms with Crippen LogP contribution in [-0.2, 0) is 28.6 Å². The summed E-state index contributed by atoms with van der Waals surface area (Å²) in [5.41, 5.74) is 0. The molecule has 0 fully saturated rings. The van der Waals surface area contributed by atoms with E-state index in [9.17, 15) is 14.4 Å². The number of hydrogen-bond acceptors (Lipinski definition) is 6. The number of allylic oxidation sites excluding steroid dienone is 6. The summed E-state index contributed by atoms with van der Waals surface area (Å²) in [6.07, 6.45) is 84.8. The van der Waals surface area contributed by atoms with Gasteiger partial charge in [-0.15, -0.1) is 0 Å². The molecule has 0 spiro atoms. The molecule has 6 heteroatoms. The van der Waals surface area contributed by atoms with Gasteiger partial charge in [0, 0.05) is 19.3 Å². The fourth-order valence-electron chi connectivity index (χ4n) is 10.7. The summed E-state index contributed by atoms with van der Waals surface area (Å²) in [5, 5.41) is 0. The van der Waals surface area contributed by atoms with Crippen LogP contribution in [0, 0.1) is 0 Å². The molecule has 0 saturated carbocycles. The van der Waals surface area contributed by atoms with E-state index < -0.39 is 6.10 Å². The monoisotopic (exact) mass is 1110 g/mol. The van der Waals surface area contributed by atoms with Crippen LogP contribution in [0.15, 0.2) is 36.5 Å². The molecule has 0 bridgehead atoms. The van der Waals surface area contributed by atoms with E-state index in [4.69, 9.17) is 14.2 Å². The van der Waals surface area contributed by atoms with E-state index >= 15 is 0 Å². The summed E-state index contributed by atoms with van der Waals surface area (Å²) in [6.45, 7) is 6.67. The SMILES string of the molecule is CCCCCCC/C=C\CCCCCCCC(=O)OCC(COC(=O)CCCCCCCCCCCCCCCCCCCCCCC/C=C\CCCCCCCCCC)OC(=O)CCCCCCC/C=C\CCCCCCC. The molecule has 0 aromatic heterocycles. The van der Waals surface area contributed by atoms with Crippen LogP contribution in [0.3, 0.4) is 0 Å². The van der Waals surface area contributed by atoms with E-state index in [1.54, 1.807) is 0 Å². The Bertz CT molecular complexity index is 1320. The number of hydrogen-bond donors (Lipinski definition) is 0. The summed E-state index contributed by atoms with van der Waals surface area (Å²) < 4.78 is 16.9. The van der Waals surface area contributed by atoms with Crippen LogP contribution in [0.25, 0.3) is 0 Å². The second-order valence-electron chi connectivity index (χ2n) is 24.1. The molecular weight excluding hydrogens is 973 g/mol. The Kier molecular flexibility index (Phi) is 66.1. The molecule has 0 aliphatic carbocycles. The number of unbranched alkanes of at least 4 members (excludes halogenated alkanes) is 49. The Morgan fingerprint density at radius 2 is 0.418 bits per heavy atom. The molecule has 0 aromatic carbocycles. The maximum Gasteiger partial charge on any atom is 0.306 e. The molecule has 0 aromatic rings. The van der Waals surface area contributed by atoms with E-state index in [0.717, 1.165) is 70.6 Å². The quantitative estimate of drug-likeness (QED) is 0.0261. The molecule has 1 unspecified atom stereocenters. The van der Waals surface area contributed by atoms with Crippen molar-refractivity contribution in [3.05, 3.63) is 36.5 Å². The number of carbonyl (C=O) groups excluding carboxylic acids is 3. The Labute approximate surface area is 493 Å². The molecule has 1 atom stereocenters. The largest absolute Gasteiger partial charge is 0.462 e. The van der Waals surface area contributed by atoms with Crippen molar-refractivity contribution in [2.45, 2.75) is 399 Å². The zero-order valence-corrected chi connectivity index (χ0v) is 53.4. The van der Waals surface area contributed by atoms with Crippen molar-refractivity contribution in [1.82, 2.24) is 0 Å². The molecule has 0 amide bonds. The van der Waals surface area contributed by atoms with Crippen molar-refractivity contribution < 1.29 is 28.6 Å². The van der Waals surface area contributed by atoms with Crippen LogP contribution < -0.4 is 0 Å². The maximum atomic E-state index is 12.9. The van der Waals surface area contributed by atoms with Gasteiger partial charge in [-0.3, -0.25) is 14.4 Å². The van der Waals surface area contributed by atoms with Crippen LogP contribution in [-0.4, -0.2) is 37.2 Å². The molecule has 6 nitrogen and oxygen atoms in total. The first-order chi connectivity index (χ1) is 39.0. The highest BCUT2D eigenvalue weighted by Gasteiger charge is 2.19. The Morgan fingerprint density at radius 3 is 0.633 bits per heavy atom. The lowest BCUT2D eigenvalue weighted by molar-refractivity contribution is -0.167. The third kappa shape index (κ3) is 66.3. The van der Waals surface area contributed by atoms with Gasteiger partial charge in [-0.2, -0.15) is 0 Å². The van der Waals surface area contributed by atoms with E-state index in [0.29, 0.717) is 19.3 Å². The third-order valence-corrected chi connectivity index (χ3v) is 16.1. The van der Waals surface area contributed by atoms with Crippen LogP contribution in [0.1, 0.15) is 393 Å². The van der Waals surface area contributed by atoms with Crippen molar-refractivity contribution in [2.24, 2.45) is 0 Å². The van der Waals surface area contributed by atoms with Gasteiger partial charge in [0.25, 0.3) is 0 Å². The zero-order valence-electron chi connectivity index (χ0n) is 53.4. The van der Waals surface area contributed by atoms with Crippen LogP contribution in [0.2, 0.25) is 0 Å². The zero-order chi connectivity index (χ0) is 57.1. The fourth-order valence-corrected chi connectivity index (χ4v) is 10.7. The van der Waals surface area contributed by atoms with Crippen molar-refractivity contribution in [2.75, 3.05) is 13.2 Å². The number of rotatable bonds is 66. The van der Waals surface area contributed by atoms with Gasteiger partial charge in [-0.1, -0.05) is 314 Å². The molecule has 0 rings (SSSR count). The maximum absolute atomic E-state index is 12.9. The van der Waals surface area contributed by atoms with E-state index in [1.165, 1.54) is 283 Å². The molecular formula is C73H136O6. The summed E-state index contributed by atoms with van der Waals surface area (Å²) >= 11 is 0. The lowest BCUT2D eigenvalue weighted by Crippen LogP contribution is -2.30. The number of esters is 3. The van der Waals surface area contributed by atoms with Gasteiger partial charge in [0.1, 0.15) is 13.2 Å². The lowest BCUT2D eigenvalue weighted by atomic mass is 10.0. The first-order valence-electron chi connectivity index (χ1n) is 35.5. The minimum atomic E-state index is -0.778. The summed E-state index contributed by atoms with van der Waals surface area (Å²) in [4.78, 5) is 38.3. The molecule has 0 N–H and O–H groups in total. The van der Waals surface area contributed by atoms with Gasteiger partial charge in [0.15, 0.2) is 6.10 Å². The van der Waals surface area contributed by atoms with Gasteiger partial charge in [-0.05, 0) is 96.3 Å². The molecule has 0 aliphatic heterocycles. The van der Waals surface area contributed by atoms with Crippen molar-refractivity contribution >= 4 is 17.9 Å². The average molecular weight is 1110 g/mol. The van der Waals surface area contributed by atoms with E-state index in [2.05, 4.69) is 57.2 Å². The van der Waals surface area contributed by atoms with Gasteiger partial charge in [0.2, 0.25) is 0 Å². The first-order valence-corrected chi connectivity index (χ1v) is 35.5. The van der Waals surface area contributed by atoms with Crippen molar-refractivity contribution in [1.29, 1.82) is 0 Å². The second-order valence-corrected chi connectivity index (χ2v) is 24.1. The van der Waals surface area contributed by atoms with Crippen LogP contribution >= 0.6 is 0 Å². The summed E-state index contributed by atoms with van der Waals surface area (Å²) in [6, 6.07) is 0.